The zero-order valence-corrected chi connectivity index (χ0v) is 13.7. The fourth-order valence-corrected chi connectivity index (χ4v) is 4.54. The molecule has 106 valence electrons. The third-order valence-corrected chi connectivity index (χ3v) is 6.13. The summed E-state index contributed by atoms with van der Waals surface area (Å²) in [7, 11) is 0. The van der Waals surface area contributed by atoms with Gasteiger partial charge >= 0.3 is 5.97 Å². The third kappa shape index (κ3) is 4.26. The van der Waals surface area contributed by atoms with Crippen LogP contribution in [0.1, 0.15) is 20.9 Å². The molecule has 0 aliphatic rings. The van der Waals surface area contributed by atoms with Gasteiger partial charge in [0.15, 0.2) is 4.34 Å². The number of hydrogen-bond donors (Lipinski definition) is 1. The number of thioether (sulfide) groups is 2. The Morgan fingerprint density at radius 1 is 1.20 bits per heavy atom. The highest BCUT2D eigenvalue weighted by Gasteiger charge is 2.13. The quantitative estimate of drug-likeness (QED) is 0.632. The molecule has 3 nitrogen and oxygen atoms in total. The van der Waals surface area contributed by atoms with Crippen molar-refractivity contribution in [3.8, 4) is 0 Å². The van der Waals surface area contributed by atoms with Crippen LogP contribution in [0, 0.1) is 13.8 Å². The van der Waals surface area contributed by atoms with Crippen molar-refractivity contribution in [2.45, 2.75) is 23.1 Å². The number of aryl methyl sites for hydroxylation is 2. The van der Waals surface area contributed by atoms with Gasteiger partial charge in [0.1, 0.15) is 4.88 Å². The number of aromatic nitrogens is 1. The van der Waals surface area contributed by atoms with E-state index in [9.17, 15) is 4.79 Å². The van der Waals surface area contributed by atoms with Crippen molar-refractivity contribution in [1.29, 1.82) is 0 Å². The number of thiazole rings is 1. The molecule has 0 aliphatic carbocycles. The summed E-state index contributed by atoms with van der Waals surface area (Å²) in [5.41, 5.74) is 1.87. The Morgan fingerprint density at radius 2 is 1.85 bits per heavy atom. The summed E-state index contributed by atoms with van der Waals surface area (Å²) in [6.07, 6.45) is 0. The number of carboxylic acid groups (broad SMARTS) is 1. The highest BCUT2D eigenvalue weighted by Crippen LogP contribution is 2.28. The third-order valence-electron chi connectivity index (χ3n) is 2.57. The Labute approximate surface area is 130 Å². The molecule has 0 unspecified atom stereocenters. The number of aromatic carboxylic acids is 1. The predicted molar refractivity (Wildman–Crippen MR) is 86.4 cm³/mol. The lowest BCUT2D eigenvalue weighted by Crippen LogP contribution is -1.94. The van der Waals surface area contributed by atoms with E-state index in [2.05, 4.69) is 36.2 Å². The van der Waals surface area contributed by atoms with E-state index in [0.29, 0.717) is 10.6 Å². The van der Waals surface area contributed by atoms with Crippen LogP contribution in [0.3, 0.4) is 0 Å². The summed E-state index contributed by atoms with van der Waals surface area (Å²) in [6, 6.07) is 8.47. The van der Waals surface area contributed by atoms with Crippen molar-refractivity contribution >= 4 is 40.8 Å². The largest absolute Gasteiger partial charge is 0.477 e. The molecular weight excluding hydrogens is 310 g/mol. The second kappa shape index (κ2) is 7.15. The summed E-state index contributed by atoms with van der Waals surface area (Å²) < 4.78 is 0.837. The molecular formula is C14H15NO2S3. The minimum absolute atomic E-state index is 0.346. The Morgan fingerprint density at radius 3 is 2.45 bits per heavy atom. The standard InChI is InChI=1S/C14H15NO2S3/c1-9-3-5-11(6-4-9)18-7-8-19-14-15-10(2)12(20-14)13(16)17/h3-6H,7-8H2,1-2H3,(H,16,17). The smallest absolute Gasteiger partial charge is 0.347 e. The first-order valence-corrected chi connectivity index (χ1v) is 8.88. The normalized spacial score (nSPS) is 10.7. The summed E-state index contributed by atoms with van der Waals surface area (Å²) >= 11 is 4.68. The van der Waals surface area contributed by atoms with Crippen molar-refractivity contribution in [2.24, 2.45) is 0 Å². The van der Waals surface area contributed by atoms with Crippen molar-refractivity contribution in [3.63, 3.8) is 0 Å². The summed E-state index contributed by atoms with van der Waals surface area (Å²) in [5, 5.41) is 8.98. The Hall–Kier alpha value is -0.980. The number of carbonyl (C=O) groups is 1. The molecule has 0 radical (unpaired) electrons. The molecule has 2 aromatic rings. The Bertz CT molecular complexity index is 593. The molecule has 1 aromatic heterocycles. The van der Waals surface area contributed by atoms with Crippen LogP contribution in [0.4, 0.5) is 0 Å². The maximum absolute atomic E-state index is 10.9. The fourth-order valence-electron chi connectivity index (χ4n) is 1.55. The molecule has 20 heavy (non-hydrogen) atoms. The molecule has 2 rings (SSSR count). The number of hydrogen-bond acceptors (Lipinski definition) is 5. The lowest BCUT2D eigenvalue weighted by atomic mass is 10.2. The molecule has 0 amide bonds. The maximum atomic E-state index is 10.9. The van der Waals surface area contributed by atoms with Crippen LogP contribution in [-0.4, -0.2) is 27.6 Å². The van der Waals surface area contributed by atoms with Crippen LogP contribution in [0.25, 0.3) is 0 Å². The number of benzene rings is 1. The summed E-state index contributed by atoms with van der Waals surface area (Å²) in [5.74, 6) is 1.01. The second-order valence-corrected chi connectivity index (χ2v) is 7.72. The van der Waals surface area contributed by atoms with Crippen molar-refractivity contribution in [2.75, 3.05) is 11.5 Å². The van der Waals surface area contributed by atoms with Gasteiger partial charge in [-0.05, 0) is 26.0 Å². The van der Waals surface area contributed by atoms with Gasteiger partial charge in [-0.15, -0.1) is 23.1 Å². The molecule has 6 heteroatoms. The number of rotatable bonds is 6. The second-order valence-electron chi connectivity index (χ2n) is 4.21. The van der Waals surface area contributed by atoms with Crippen molar-refractivity contribution in [3.05, 3.63) is 40.4 Å². The minimum Gasteiger partial charge on any atom is -0.477 e. The van der Waals surface area contributed by atoms with Gasteiger partial charge in [-0.25, -0.2) is 9.78 Å². The van der Waals surface area contributed by atoms with Crippen LogP contribution < -0.4 is 0 Å². The van der Waals surface area contributed by atoms with Crippen LogP contribution >= 0.6 is 34.9 Å². The zero-order valence-electron chi connectivity index (χ0n) is 11.3. The summed E-state index contributed by atoms with van der Waals surface area (Å²) in [6.45, 7) is 3.82. The van der Waals surface area contributed by atoms with E-state index >= 15 is 0 Å². The van der Waals surface area contributed by atoms with Gasteiger partial charge in [-0.1, -0.05) is 29.5 Å². The van der Waals surface area contributed by atoms with E-state index in [1.54, 1.807) is 30.4 Å². The first kappa shape index (κ1) is 15.4. The van der Waals surface area contributed by atoms with E-state index < -0.39 is 5.97 Å². The van der Waals surface area contributed by atoms with Gasteiger partial charge < -0.3 is 5.11 Å². The van der Waals surface area contributed by atoms with Crippen molar-refractivity contribution < 1.29 is 9.90 Å². The molecule has 0 atom stereocenters. The molecule has 0 spiro atoms. The predicted octanol–water partition coefficient (Wildman–Crippen LogP) is 4.34. The molecule has 0 aliphatic heterocycles. The topological polar surface area (TPSA) is 50.2 Å². The lowest BCUT2D eigenvalue weighted by molar-refractivity contribution is 0.0701. The molecule has 0 saturated carbocycles. The van der Waals surface area contributed by atoms with Crippen molar-refractivity contribution in [1.82, 2.24) is 4.98 Å². The van der Waals surface area contributed by atoms with E-state index in [-0.39, 0.29) is 0 Å². The van der Waals surface area contributed by atoms with Gasteiger partial charge in [0.2, 0.25) is 0 Å². The first-order chi connectivity index (χ1) is 9.56. The van der Waals surface area contributed by atoms with E-state index in [1.165, 1.54) is 21.8 Å². The van der Waals surface area contributed by atoms with E-state index in [0.717, 1.165) is 15.8 Å². The fraction of sp³-hybridized carbons (Fsp3) is 0.286. The van der Waals surface area contributed by atoms with Crippen LogP contribution in [0.2, 0.25) is 0 Å². The molecule has 1 aromatic carbocycles. The Balaban J connectivity index is 1.80. The van der Waals surface area contributed by atoms with Gasteiger partial charge in [0.25, 0.3) is 0 Å². The molecule has 0 bridgehead atoms. The van der Waals surface area contributed by atoms with Gasteiger partial charge in [0, 0.05) is 16.4 Å². The summed E-state index contributed by atoms with van der Waals surface area (Å²) in [4.78, 5) is 16.8. The monoisotopic (exact) mass is 325 g/mol. The van der Waals surface area contributed by atoms with E-state index in [1.807, 2.05) is 0 Å². The van der Waals surface area contributed by atoms with Crippen LogP contribution in [-0.2, 0) is 0 Å². The highest BCUT2D eigenvalue weighted by atomic mass is 32.2. The SMILES string of the molecule is Cc1ccc(SCCSc2nc(C)c(C(=O)O)s2)cc1. The highest BCUT2D eigenvalue weighted by molar-refractivity contribution is 8.03. The molecule has 0 saturated heterocycles. The minimum atomic E-state index is -0.888. The Kier molecular flexibility index (Phi) is 5.51. The maximum Gasteiger partial charge on any atom is 0.347 e. The number of nitrogens with zero attached hydrogens (tertiary/aromatic N) is 1. The average molecular weight is 325 g/mol. The molecule has 1 heterocycles. The van der Waals surface area contributed by atoms with E-state index in [4.69, 9.17) is 5.11 Å². The molecule has 1 N–H and O–H groups in total. The first-order valence-electron chi connectivity index (χ1n) is 6.09. The van der Waals surface area contributed by atoms with Gasteiger partial charge in [-0.3, -0.25) is 0 Å². The number of carboxylic acids is 1. The average Bonchev–Trinajstić information content (AvgIpc) is 2.78. The lowest BCUT2D eigenvalue weighted by Gasteiger charge is -2.01. The van der Waals surface area contributed by atoms with Crippen LogP contribution in [0.5, 0.6) is 0 Å². The van der Waals surface area contributed by atoms with Gasteiger partial charge in [-0.2, -0.15) is 0 Å². The zero-order chi connectivity index (χ0) is 14.5. The van der Waals surface area contributed by atoms with Crippen LogP contribution in [0.15, 0.2) is 33.5 Å². The van der Waals surface area contributed by atoms with Gasteiger partial charge in [0.05, 0.1) is 5.69 Å². The molecule has 0 fully saturated rings.